The van der Waals surface area contributed by atoms with Crippen LogP contribution >= 0.6 is 0 Å². The van der Waals surface area contributed by atoms with Crippen LogP contribution in [-0.4, -0.2) is 30.7 Å². The lowest BCUT2D eigenvalue weighted by molar-refractivity contribution is 0.0343. The van der Waals surface area contributed by atoms with E-state index in [9.17, 15) is 13.6 Å². The Morgan fingerprint density at radius 2 is 2.20 bits per heavy atom. The number of hydrogen-bond donors (Lipinski definition) is 1. The maximum atomic E-state index is 11.6. The third kappa shape index (κ3) is 4.05. The number of hydrogen-bond acceptors (Lipinski definition) is 2. The Labute approximate surface area is 56.6 Å². The molecule has 0 spiro atoms. The third-order valence-electron chi connectivity index (χ3n) is 0.871. The minimum atomic E-state index is -1.57. The molecule has 0 bridgehead atoms. The van der Waals surface area contributed by atoms with Crippen molar-refractivity contribution in [1.82, 2.24) is 0 Å². The zero-order chi connectivity index (χ0) is 7.98. The highest BCUT2D eigenvalue weighted by atomic mass is 19.1. The summed E-state index contributed by atoms with van der Waals surface area (Å²) in [5.41, 5.74) is 0. The lowest BCUT2D eigenvalue weighted by atomic mass is 10.3. The Morgan fingerprint density at radius 1 is 1.60 bits per heavy atom. The van der Waals surface area contributed by atoms with Gasteiger partial charge in [0.05, 0.1) is 6.67 Å². The van der Waals surface area contributed by atoms with E-state index in [0.717, 1.165) is 0 Å². The monoisotopic (exact) mass is 154 g/mol. The second-order valence-corrected chi connectivity index (χ2v) is 1.64. The molecule has 3 nitrogen and oxygen atoms in total. The summed E-state index contributed by atoms with van der Waals surface area (Å²) >= 11 is 0. The van der Waals surface area contributed by atoms with Gasteiger partial charge in [-0.15, -0.1) is 0 Å². The Kier molecular flexibility index (Phi) is 4.53. The summed E-state index contributed by atoms with van der Waals surface area (Å²) < 4.78 is 27.0. The van der Waals surface area contributed by atoms with Crippen LogP contribution in [0.4, 0.5) is 13.6 Å². The molecule has 0 fully saturated rings. The highest BCUT2D eigenvalue weighted by molar-refractivity contribution is 5.57. The van der Waals surface area contributed by atoms with Gasteiger partial charge in [0.15, 0.2) is 0 Å². The van der Waals surface area contributed by atoms with Gasteiger partial charge in [-0.3, -0.25) is 4.39 Å². The maximum absolute atomic E-state index is 11.6. The molecule has 1 N–H and O–H groups in total. The number of ether oxygens (including phenoxy) is 1. The van der Waals surface area contributed by atoms with E-state index in [2.05, 4.69) is 4.74 Å². The van der Waals surface area contributed by atoms with Crippen molar-refractivity contribution in [2.24, 2.45) is 0 Å². The molecule has 0 saturated carbocycles. The van der Waals surface area contributed by atoms with Crippen molar-refractivity contribution in [1.29, 1.82) is 0 Å². The largest absolute Gasteiger partial charge is 0.506 e. The number of halogens is 2. The van der Waals surface area contributed by atoms with E-state index in [1.54, 1.807) is 0 Å². The van der Waals surface area contributed by atoms with E-state index in [4.69, 9.17) is 5.11 Å². The Bertz CT molecular complexity index is 107. The quantitative estimate of drug-likeness (QED) is 0.622. The number of carbonyl (C=O) groups is 1. The van der Waals surface area contributed by atoms with Gasteiger partial charge >= 0.3 is 6.16 Å². The standard InChI is InChI=1S/C5H8F2O3/c6-2-1-4(3-7)10-5(8)9/h4H,1-3H2,(H,8,9)/t4-/m1/s1. The number of carboxylic acid groups (broad SMARTS) is 1. The second-order valence-electron chi connectivity index (χ2n) is 1.64. The van der Waals surface area contributed by atoms with Crippen LogP contribution in [0.15, 0.2) is 0 Å². The summed E-state index contributed by atoms with van der Waals surface area (Å²) in [4.78, 5) is 9.73. The van der Waals surface area contributed by atoms with Gasteiger partial charge in [0, 0.05) is 6.42 Å². The van der Waals surface area contributed by atoms with Crippen molar-refractivity contribution in [3.05, 3.63) is 0 Å². The average Bonchev–Trinajstić information content (AvgIpc) is 1.86. The van der Waals surface area contributed by atoms with E-state index in [0.29, 0.717) is 0 Å². The van der Waals surface area contributed by atoms with E-state index >= 15 is 0 Å². The molecule has 0 aromatic rings. The molecule has 10 heavy (non-hydrogen) atoms. The molecule has 0 unspecified atom stereocenters. The molecule has 0 rings (SSSR count). The molecular formula is C5H8F2O3. The summed E-state index contributed by atoms with van der Waals surface area (Å²) in [5, 5.41) is 7.93. The van der Waals surface area contributed by atoms with E-state index in [1.807, 2.05) is 0 Å². The first-order valence-corrected chi connectivity index (χ1v) is 2.72. The molecule has 0 aliphatic rings. The van der Waals surface area contributed by atoms with Crippen molar-refractivity contribution in [2.75, 3.05) is 13.3 Å². The van der Waals surface area contributed by atoms with Gasteiger partial charge in [-0.05, 0) is 0 Å². The van der Waals surface area contributed by atoms with Crippen LogP contribution in [0.2, 0.25) is 0 Å². The lowest BCUT2D eigenvalue weighted by Gasteiger charge is -2.08. The highest BCUT2D eigenvalue weighted by Crippen LogP contribution is 1.99. The topological polar surface area (TPSA) is 46.5 Å². The molecule has 0 radical (unpaired) electrons. The van der Waals surface area contributed by atoms with Crippen LogP contribution in [-0.2, 0) is 4.74 Å². The molecule has 0 aliphatic carbocycles. The molecule has 60 valence electrons. The average molecular weight is 154 g/mol. The molecule has 0 saturated heterocycles. The number of rotatable bonds is 4. The Hall–Kier alpha value is -0.870. The van der Waals surface area contributed by atoms with Crippen molar-refractivity contribution >= 4 is 6.16 Å². The van der Waals surface area contributed by atoms with Crippen molar-refractivity contribution in [3.63, 3.8) is 0 Å². The predicted octanol–water partition coefficient (Wildman–Crippen LogP) is 1.38. The molecule has 0 amide bonds. The van der Waals surface area contributed by atoms with Gasteiger partial charge in [0.2, 0.25) is 0 Å². The van der Waals surface area contributed by atoms with Crippen LogP contribution in [0, 0.1) is 0 Å². The van der Waals surface area contributed by atoms with Gasteiger partial charge in [-0.2, -0.15) is 0 Å². The van der Waals surface area contributed by atoms with E-state index < -0.39 is 25.6 Å². The van der Waals surface area contributed by atoms with Gasteiger partial charge in [0.1, 0.15) is 12.8 Å². The highest BCUT2D eigenvalue weighted by Gasteiger charge is 2.11. The summed E-state index contributed by atoms with van der Waals surface area (Å²) in [6.45, 7) is -1.75. The van der Waals surface area contributed by atoms with Crippen LogP contribution in [0.5, 0.6) is 0 Å². The Morgan fingerprint density at radius 3 is 2.50 bits per heavy atom. The first-order chi connectivity index (χ1) is 4.70. The summed E-state index contributed by atoms with van der Waals surface area (Å²) in [5.74, 6) is 0. The van der Waals surface area contributed by atoms with Gasteiger partial charge < -0.3 is 9.84 Å². The van der Waals surface area contributed by atoms with Crippen molar-refractivity contribution in [3.8, 4) is 0 Å². The molecule has 1 atom stereocenters. The maximum Gasteiger partial charge on any atom is 0.506 e. The summed E-state index contributed by atoms with van der Waals surface area (Å²) in [7, 11) is 0. The van der Waals surface area contributed by atoms with Gasteiger partial charge in [-0.25, -0.2) is 9.18 Å². The predicted molar refractivity (Wildman–Crippen MR) is 29.5 cm³/mol. The molecule has 0 aliphatic heterocycles. The fraction of sp³-hybridized carbons (Fsp3) is 0.800. The Balaban J connectivity index is 3.49. The first kappa shape index (κ1) is 9.13. The van der Waals surface area contributed by atoms with Crippen molar-refractivity contribution < 1.29 is 23.4 Å². The zero-order valence-corrected chi connectivity index (χ0v) is 5.22. The van der Waals surface area contributed by atoms with Crippen LogP contribution in [0.3, 0.4) is 0 Å². The zero-order valence-electron chi connectivity index (χ0n) is 5.22. The minimum Gasteiger partial charge on any atom is -0.450 e. The number of alkyl halides is 2. The van der Waals surface area contributed by atoms with Crippen LogP contribution in [0.1, 0.15) is 6.42 Å². The first-order valence-electron chi connectivity index (χ1n) is 2.72. The second kappa shape index (κ2) is 4.96. The molecular weight excluding hydrogens is 146 g/mol. The fourth-order valence-electron chi connectivity index (χ4n) is 0.432. The minimum absolute atomic E-state index is 0.219. The smallest absolute Gasteiger partial charge is 0.450 e. The molecule has 0 aromatic heterocycles. The summed E-state index contributed by atoms with van der Waals surface area (Å²) in [6.07, 6.45) is -2.94. The van der Waals surface area contributed by atoms with Crippen LogP contribution < -0.4 is 0 Å². The normalized spacial score (nSPS) is 12.6. The van der Waals surface area contributed by atoms with E-state index in [-0.39, 0.29) is 6.42 Å². The summed E-state index contributed by atoms with van der Waals surface area (Å²) in [6, 6.07) is 0. The van der Waals surface area contributed by atoms with Gasteiger partial charge in [-0.1, -0.05) is 0 Å². The van der Waals surface area contributed by atoms with Crippen LogP contribution in [0.25, 0.3) is 0 Å². The lowest BCUT2D eigenvalue weighted by Crippen LogP contribution is -2.19. The third-order valence-corrected chi connectivity index (χ3v) is 0.871. The van der Waals surface area contributed by atoms with Gasteiger partial charge in [0.25, 0.3) is 0 Å². The van der Waals surface area contributed by atoms with Crippen molar-refractivity contribution in [2.45, 2.75) is 12.5 Å². The SMILES string of the molecule is O=C(O)O[C@@H](CF)CCF. The molecule has 0 heterocycles. The molecule has 0 aromatic carbocycles. The van der Waals surface area contributed by atoms with E-state index in [1.165, 1.54) is 0 Å². The molecule has 5 heteroatoms. The fourth-order valence-corrected chi connectivity index (χ4v) is 0.432.